The Morgan fingerprint density at radius 3 is 2.89 bits per heavy atom. The predicted molar refractivity (Wildman–Crippen MR) is 70.0 cm³/mol. The molecular formula is C13H13N5. The van der Waals surface area contributed by atoms with E-state index in [4.69, 9.17) is 0 Å². The Labute approximate surface area is 105 Å². The van der Waals surface area contributed by atoms with Crippen LogP contribution in [0.3, 0.4) is 0 Å². The van der Waals surface area contributed by atoms with Crippen LogP contribution in [0.4, 0.5) is 11.5 Å². The molecule has 0 saturated heterocycles. The van der Waals surface area contributed by atoms with Gasteiger partial charge in [-0.2, -0.15) is 0 Å². The van der Waals surface area contributed by atoms with Crippen LogP contribution in [-0.2, 0) is 0 Å². The third-order valence-electron chi connectivity index (χ3n) is 2.70. The highest BCUT2D eigenvalue weighted by atomic mass is 15.3. The molecule has 0 atom stereocenters. The first-order valence-electron chi connectivity index (χ1n) is 5.73. The van der Waals surface area contributed by atoms with E-state index in [1.807, 2.05) is 29.5 Å². The second-order valence-corrected chi connectivity index (χ2v) is 4.28. The molecule has 5 nitrogen and oxygen atoms in total. The molecule has 0 aliphatic carbocycles. The summed E-state index contributed by atoms with van der Waals surface area (Å²) in [6.45, 7) is 4.01. The zero-order valence-corrected chi connectivity index (χ0v) is 10.3. The van der Waals surface area contributed by atoms with Gasteiger partial charge in [0.25, 0.3) is 5.78 Å². The van der Waals surface area contributed by atoms with Gasteiger partial charge in [-0.15, -0.1) is 10.2 Å². The maximum atomic E-state index is 4.30. The highest BCUT2D eigenvalue weighted by Gasteiger charge is 2.05. The molecule has 0 bridgehead atoms. The number of rotatable bonds is 2. The summed E-state index contributed by atoms with van der Waals surface area (Å²) in [6.07, 6.45) is 1.65. The summed E-state index contributed by atoms with van der Waals surface area (Å²) < 4.78 is 1.83. The van der Waals surface area contributed by atoms with E-state index in [1.54, 1.807) is 6.33 Å². The average Bonchev–Trinajstić information content (AvgIpc) is 2.77. The summed E-state index contributed by atoms with van der Waals surface area (Å²) in [5.74, 6) is 1.51. The van der Waals surface area contributed by atoms with Crippen molar-refractivity contribution in [3.8, 4) is 0 Å². The van der Waals surface area contributed by atoms with E-state index in [1.165, 1.54) is 5.56 Å². The first-order chi connectivity index (χ1) is 8.72. The Balaban J connectivity index is 2.06. The van der Waals surface area contributed by atoms with Crippen molar-refractivity contribution < 1.29 is 0 Å². The second kappa shape index (κ2) is 4.10. The van der Waals surface area contributed by atoms with E-state index >= 15 is 0 Å². The smallest absolute Gasteiger partial charge is 0.256 e. The van der Waals surface area contributed by atoms with Crippen LogP contribution in [0.1, 0.15) is 11.3 Å². The van der Waals surface area contributed by atoms with Crippen molar-refractivity contribution in [1.82, 2.24) is 19.6 Å². The first-order valence-corrected chi connectivity index (χ1v) is 5.73. The zero-order chi connectivity index (χ0) is 12.5. The molecule has 1 N–H and O–H groups in total. The Hall–Kier alpha value is -2.43. The van der Waals surface area contributed by atoms with Gasteiger partial charge in [0.15, 0.2) is 0 Å². The second-order valence-electron chi connectivity index (χ2n) is 4.28. The molecule has 18 heavy (non-hydrogen) atoms. The fraction of sp³-hybridized carbons (Fsp3) is 0.154. The summed E-state index contributed by atoms with van der Waals surface area (Å²) in [7, 11) is 0. The maximum absolute atomic E-state index is 4.30. The van der Waals surface area contributed by atoms with Crippen LogP contribution < -0.4 is 5.32 Å². The number of hydrogen-bond acceptors (Lipinski definition) is 4. The van der Waals surface area contributed by atoms with E-state index in [0.29, 0.717) is 5.78 Å². The van der Waals surface area contributed by atoms with Crippen LogP contribution in [0.25, 0.3) is 5.78 Å². The molecular weight excluding hydrogens is 226 g/mol. The fourth-order valence-electron chi connectivity index (χ4n) is 1.90. The Bertz CT molecular complexity index is 701. The highest BCUT2D eigenvalue weighted by molar-refractivity contribution is 5.59. The molecule has 90 valence electrons. The van der Waals surface area contributed by atoms with Crippen molar-refractivity contribution in [2.75, 3.05) is 5.32 Å². The molecule has 0 spiro atoms. The van der Waals surface area contributed by atoms with Gasteiger partial charge in [0, 0.05) is 17.4 Å². The van der Waals surface area contributed by atoms with E-state index in [2.05, 4.69) is 39.6 Å². The van der Waals surface area contributed by atoms with E-state index < -0.39 is 0 Å². The maximum Gasteiger partial charge on any atom is 0.256 e. The highest BCUT2D eigenvalue weighted by Crippen LogP contribution is 2.18. The number of nitrogens with zero attached hydrogens (tertiary/aromatic N) is 4. The molecule has 0 fully saturated rings. The van der Waals surface area contributed by atoms with Crippen LogP contribution in [0.15, 0.2) is 36.7 Å². The minimum absolute atomic E-state index is 0.602. The Morgan fingerprint density at radius 1 is 1.17 bits per heavy atom. The number of hydrogen-bond donors (Lipinski definition) is 1. The lowest BCUT2D eigenvalue weighted by Gasteiger charge is -2.09. The quantitative estimate of drug-likeness (QED) is 0.746. The predicted octanol–water partition coefficient (Wildman–Crippen LogP) is 2.48. The number of anilines is 2. The lowest BCUT2D eigenvalue weighted by Crippen LogP contribution is -2.00. The summed E-state index contributed by atoms with van der Waals surface area (Å²) in [5.41, 5.74) is 3.16. The van der Waals surface area contributed by atoms with Crippen molar-refractivity contribution in [1.29, 1.82) is 0 Å². The molecule has 0 aliphatic heterocycles. The third-order valence-corrected chi connectivity index (χ3v) is 2.70. The Morgan fingerprint density at radius 2 is 2.06 bits per heavy atom. The van der Waals surface area contributed by atoms with Gasteiger partial charge in [-0.3, -0.25) is 4.40 Å². The van der Waals surface area contributed by atoms with Crippen LogP contribution in [0.2, 0.25) is 0 Å². The monoisotopic (exact) mass is 239 g/mol. The molecule has 0 aliphatic rings. The van der Waals surface area contributed by atoms with Gasteiger partial charge in [-0.05, 0) is 31.5 Å². The van der Waals surface area contributed by atoms with Gasteiger partial charge in [-0.25, -0.2) is 4.98 Å². The number of benzene rings is 1. The van der Waals surface area contributed by atoms with Crippen molar-refractivity contribution in [2.24, 2.45) is 0 Å². The van der Waals surface area contributed by atoms with Gasteiger partial charge in [0.2, 0.25) is 0 Å². The lowest BCUT2D eigenvalue weighted by molar-refractivity contribution is 1.07. The van der Waals surface area contributed by atoms with Gasteiger partial charge in [-0.1, -0.05) is 12.1 Å². The molecule has 2 aromatic heterocycles. The zero-order valence-electron chi connectivity index (χ0n) is 10.3. The fourth-order valence-corrected chi connectivity index (χ4v) is 1.90. The van der Waals surface area contributed by atoms with Gasteiger partial charge in [0.1, 0.15) is 12.1 Å². The third kappa shape index (κ3) is 1.90. The van der Waals surface area contributed by atoms with Crippen LogP contribution in [0, 0.1) is 13.8 Å². The Kier molecular flexibility index (Phi) is 2.44. The minimum atomic E-state index is 0.602. The number of aromatic nitrogens is 4. The minimum Gasteiger partial charge on any atom is -0.341 e. The van der Waals surface area contributed by atoms with E-state index in [9.17, 15) is 0 Å². The normalized spacial score (nSPS) is 10.8. The van der Waals surface area contributed by atoms with Crippen LogP contribution in [0.5, 0.6) is 0 Å². The van der Waals surface area contributed by atoms with Crippen molar-refractivity contribution in [3.05, 3.63) is 47.9 Å². The molecule has 2 heterocycles. The molecule has 5 heteroatoms. The molecule has 0 amide bonds. The summed E-state index contributed by atoms with van der Waals surface area (Å²) in [5, 5.41) is 11.2. The summed E-state index contributed by atoms with van der Waals surface area (Å²) in [6, 6.07) is 10.2. The average molecular weight is 239 g/mol. The number of fused-ring (bicyclic) bond motifs is 1. The van der Waals surface area contributed by atoms with Crippen molar-refractivity contribution in [2.45, 2.75) is 13.8 Å². The van der Waals surface area contributed by atoms with Crippen molar-refractivity contribution >= 4 is 17.3 Å². The van der Waals surface area contributed by atoms with E-state index in [0.717, 1.165) is 17.2 Å². The summed E-state index contributed by atoms with van der Waals surface area (Å²) in [4.78, 5) is 4.30. The first kappa shape index (κ1) is 10.7. The van der Waals surface area contributed by atoms with Crippen molar-refractivity contribution in [3.63, 3.8) is 0 Å². The largest absolute Gasteiger partial charge is 0.341 e. The number of aryl methyl sites for hydroxylation is 2. The van der Waals surface area contributed by atoms with Crippen LogP contribution >= 0.6 is 0 Å². The molecule has 3 aromatic rings. The lowest BCUT2D eigenvalue weighted by atomic mass is 10.2. The molecule has 1 aromatic carbocycles. The van der Waals surface area contributed by atoms with Crippen LogP contribution in [-0.4, -0.2) is 19.6 Å². The topological polar surface area (TPSA) is 55.1 Å². The van der Waals surface area contributed by atoms with Gasteiger partial charge < -0.3 is 5.32 Å². The standard InChI is InChI=1S/C13H13N5/c1-9-4-3-5-11(6-9)16-12-7-10(2)15-13-17-14-8-18(12)13/h3-8,16H,1-2H3. The molecule has 0 saturated carbocycles. The molecule has 0 radical (unpaired) electrons. The molecule has 0 unspecified atom stereocenters. The SMILES string of the molecule is Cc1cccc(Nc2cc(C)nc3nncn23)c1. The summed E-state index contributed by atoms with van der Waals surface area (Å²) >= 11 is 0. The van der Waals surface area contributed by atoms with Gasteiger partial charge in [0.05, 0.1) is 0 Å². The van der Waals surface area contributed by atoms with E-state index in [-0.39, 0.29) is 0 Å². The number of nitrogens with one attached hydrogen (secondary N) is 1. The van der Waals surface area contributed by atoms with Gasteiger partial charge >= 0.3 is 0 Å². The molecule has 3 rings (SSSR count).